The Bertz CT molecular complexity index is 327. The van der Waals surface area contributed by atoms with Crippen molar-refractivity contribution in [1.82, 2.24) is 15.5 Å². The van der Waals surface area contributed by atoms with Crippen LogP contribution in [0.15, 0.2) is 0 Å². The van der Waals surface area contributed by atoms with E-state index in [4.69, 9.17) is 0 Å². The number of urea groups is 1. The molecule has 3 amide bonds. The Kier molecular flexibility index (Phi) is 6.15. The summed E-state index contributed by atoms with van der Waals surface area (Å²) in [5, 5.41) is 5.83. The molecule has 0 aromatic carbocycles. The molecule has 5 heteroatoms. The average molecular weight is 281 g/mol. The number of nitrogens with zero attached hydrogens (tertiary/aromatic N) is 1. The normalized spacial score (nSPS) is 20.2. The molecule has 2 N–H and O–H groups in total. The van der Waals surface area contributed by atoms with E-state index < -0.39 is 0 Å². The molecule has 2 rings (SSSR count). The van der Waals surface area contributed by atoms with Crippen molar-refractivity contribution in [3.63, 3.8) is 0 Å². The minimum absolute atomic E-state index is 0.0664. The fourth-order valence-electron chi connectivity index (χ4n) is 3.10. The molecule has 1 heterocycles. The second-order valence-electron chi connectivity index (χ2n) is 5.98. The molecule has 1 aliphatic heterocycles. The van der Waals surface area contributed by atoms with Gasteiger partial charge in [0.15, 0.2) is 0 Å². The average Bonchev–Trinajstić information content (AvgIpc) is 2.88. The molecule has 114 valence electrons. The van der Waals surface area contributed by atoms with Gasteiger partial charge in [-0.1, -0.05) is 19.3 Å². The highest BCUT2D eigenvalue weighted by atomic mass is 16.2. The number of nitrogens with one attached hydrogen (secondary N) is 2. The Morgan fingerprint density at radius 2 is 1.95 bits per heavy atom. The molecule has 0 aromatic rings. The van der Waals surface area contributed by atoms with Gasteiger partial charge in [0.25, 0.3) is 0 Å². The van der Waals surface area contributed by atoms with Gasteiger partial charge in [-0.3, -0.25) is 4.79 Å². The predicted molar refractivity (Wildman–Crippen MR) is 78.4 cm³/mol. The van der Waals surface area contributed by atoms with Gasteiger partial charge in [0.2, 0.25) is 5.91 Å². The lowest BCUT2D eigenvalue weighted by atomic mass is 9.89. The molecule has 5 nitrogen and oxygen atoms in total. The van der Waals surface area contributed by atoms with E-state index in [0.717, 1.165) is 32.5 Å². The van der Waals surface area contributed by atoms with Crippen molar-refractivity contribution >= 4 is 11.9 Å². The topological polar surface area (TPSA) is 61.4 Å². The number of carbonyl (C=O) groups is 2. The molecule has 0 unspecified atom stereocenters. The molecule has 20 heavy (non-hydrogen) atoms. The first-order valence-corrected chi connectivity index (χ1v) is 8.05. The van der Waals surface area contributed by atoms with Gasteiger partial charge in [-0.2, -0.15) is 0 Å². The van der Waals surface area contributed by atoms with Crippen LogP contribution in [0.3, 0.4) is 0 Å². The third-order valence-electron chi connectivity index (χ3n) is 4.34. The maximum atomic E-state index is 11.6. The molecule has 2 aliphatic rings. The third-order valence-corrected chi connectivity index (χ3v) is 4.34. The SMILES string of the molecule is O=C(NCCCN1CCCC1=O)NCC1CCCCC1. The fraction of sp³-hybridized carbons (Fsp3) is 0.867. The number of hydrogen-bond acceptors (Lipinski definition) is 2. The molecular formula is C15H27N3O2. The summed E-state index contributed by atoms with van der Waals surface area (Å²) in [7, 11) is 0. The Morgan fingerprint density at radius 1 is 1.15 bits per heavy atom. The minimum atomic E-state index is -0.0664. The van der Waals surface area contributed by atoms with E-state index in [-0.39, 0.29) is 11.9 Å². The minimum Gasteiger partial charge on any atom is -0.343 e. The van der Waals surface area contributed by atoms with Crippen LogP contribution < -0.4 is 10.6 Å². The zero-order valence-corrected chi connectivity index (χ0v) is 12.3. The number of hydrogen-bond donors (Lipinski definition) is 2. The zero-order chi connectivity index (χ0) is 14.2. The summed E-state index contributed by atoms with van der Waals surface area (Å²) in [6.07, 6.45) is 8.95. The van der Waals surface area contributed by atoms with Gasteiger partial charge in [0, 0.05) is 32.6 Å². The zero-order valence-electron chi connectivity index (χ0n) is 12.3. The molecule has 0 spiro atoms. The summed E-state index contributed by atoms with van der Waals surface area (Å²) in [5.41, 5.74) is 0. The Hall–Kier alpha value is -1.26. The van der Waals surface area contributed by atoms with Crippen molar-refractivity contribution in [2.75, 3.05) is 26.2 Å². The highest BCUT2D eigenvalue weighted by molar-refractivity contribution is 5.78. The molecule has 1 aliphatic carbocycles. The van der Waals surface area contributed by atoms with Crippen LogP contribution in [-0.2, 0) is 4.79 Å². The Balaban J connectivity index is 1.48. The molecule has 2 fully saturated rings. The molecular weight excluding hydrogens is 254 g/mol. The second-order valence-corrected chi connectivity index (χ2v) is 5.98. The largest absolute Gasteiger partial charge is 0.343 e. The lowest BCUT2D eigenvalue weighted by Crippen LogP contribution is -2.39. The van der Waals surface area contributed by atoms with Gasteiger partial charge >= 0.3 is 6.03 Å². The summed E-state index contributed by atoms with van der Waals surface area (Å²) in [4.78, 5) is 24.9. The van der Waals surface area contributed by atoms with Crippen molar-refractivity contribution in [2.45, 2.75) is 51.4 Å². The van der Waals surface area contributed by atoms with Crippen molar-refractivity contribution in [3.05, 3.63) is 0 Å². The molecule has 1 saturated heterocycles. The fourth-order valence-corrected chi connectivity index (χ4v) is 3.10. The maximum Gasteiger partial charge on any atom is 0.314 e. The molecule has 0 bridgehead atoms. The van der Waals surface area contributed by atoms with Crippen LogP contribution in [0.4, 0.5) is 4.79 Å². The summed E-state index contributed by atoms with van der Waals surface area (Å²) < 4.78 is 0. The molecule has 0 aromatic heterocycles. The number of rotatable bonds is 6. The second kappa shape index (κ2) is 8.12. The number of amides is 3. The summed E-state index contributed by atoms with van der Waals surface area (Å²) >= 11 is 0. The van der Waals surface area contributed by atoms with Gasteiger partial charge in [-0.25, -0.2) is 4.79 Å². The highest BCUT2D eigenvalue weighted by Crippen LogP contribution is 2.22. The summed E-state index contributed by atoms with van der Waals surface area (Å²) in [5.74, 6) is 0.920. The van der Waals surface area contributed by atoms with Crippen molar-refractivity contribution < 1.29 is 9.59 Å². The van der Waals surface area contributed by atoms with Crippen LogP contribution in [-0.4, -0.2) is 43.0 Å². The smallest absolute Gasteiger partial charge is 0.314 e. The molecule has 0 atom stereocenters. The lowest BCUT2D eigenvalue weighted by molar-refractivity contribution is -0.127. The summed E-state index contributed by atoms with van der Waals surface area (Å²) in [6, 6.07) is -0.0664. The van der Waals surface area contributed by atoms with Crippen molar-refractivity contribution in [2.24, 2.45) is 5.92 Å². The molecule has 1 saturated carbocycles. The first-order chi connectivity index (χ1) is 9.75. The van der Waals surface area contributed by atoms with Gasteiger partial charge in [0.1, 0.15) is 0 Å². The van der Waals surface area contributed by atoms with Crippen LogP contribution in [0.25, 0.3) is 0 Å². The number of carbonyl (C=O) groups excluding carboxylic acids is 2. The van der Waals surface area contributed by atoms with Crippen LogP contribution in [0.1, 0.15) is 51.4 Å². The van der Waals surface area contributed by atoms with Crippen molar-refractivity contribution in [1.29, 1.82) is 0 Å². The maximum absolute atomic E-state index is 11.6. The van der Waals surface area contributed by atoms with Crippen LogP contribution in [0, 0.1) is 5.92 Å². The first-order valence-electron chi connectivity index (χ1n) is 8.05. The van der Waals surface area contributed by atoms with E-state index in [1.165, 1.54) is 32.1 Å². The van der Waals surface area contributed by atoms with E-state index in [1.54, 1.807) is 0 Å². The first kappa shape index (κ1) is 15.1. The van der Waals surface area contributed by atoms with Gasteiger partial charge in [-0.05, 0) is 31.6 Å². The van der Waals surface area contributed by atoms with E-state index in [9.17, 15) is 9.59 Å². The highest BCUT2D eigenvalue weighted by Gasteiger charge is 2.19. The number of likely N-dealkylation sites (tertiary alicyclic amines) is 1. The van der Waals surface area contributed by atoms with Crippen LogP contribution in [0.5, 0.6) is 0 Å². The van der Waals surface area contributed by atoms with E-state index in [2.05, 4.69) is 10.6 Å². The van der Waals surface area contributed by atoms with Crippen LogP contribution in [0.2, 0.25) is 0 Å². The Labute approximate surface area is 121 Å². The van der Waals surface area contributed by atoms with E-state index in [1.807, 2.05) is 4.90 Å². The van der Waals surface area contributed by atoms with Gasteiger partial charge < -0.3 is 15.5 Å². The summed E-state index contributed by atoms with van der Waals surface area (Å²) in [6.45, 7) is 3.09. The van der Waals surface area contributed by atoms with Gasteiger partial charge in [-0.15, -0.1) is 0 Å². The van der Waals surface area contributed by atoms with Gasteiger partial charge in [0.05, 0.1) is 0 Å². The third kappa shape index (κ3) is 5.02. The molecule has 0 radical (unpaired) electrons. The Morgan fingerprint density at radius 3 is 2.65 bits per heavy atom. The lowest BCUT2D eigenvalue weighted by Gasteiger charge is -2.21. The standard InChI is InChI=1S/C15H27N3O2/c19-14-8-4-10-18(14)11-5-9-16-15(20)17-12-13-6-2-1-3-7-13/h13H,1-12H2,(H2,16,17,20). The predicted octanol–water partition coefficient (Wildman–Crippen LogP) is 1.88. The van der Waals surface area contributed by atoms with E-state index >= 15 is 0 Å². The van der Waals surface area contributed by atoms with E-state index in [0.29, 0.717) is 18.9 Å². The quantitative estimate of drug-likeness (QED) is 0.730. The monoisotopic (exact) mass is 281 g/mol. The van der Waals surface area contributed by atoms with Crippen molar-refractivity contribution in [3.8, 4) is 0 Å². The van der Waals surface area contributed by atoms with Crippen LogP contribution >= 0.6 is 0 Å².